The lowest BCUT2D eigenvalue weighted by Gasteiger charge is -2.21. The van der Waals surface area contributed by atoms with Gasteiger partial charge in [-0.2, -0.15) is 0 Å². The van der Waals surface area contributed by atoms with Gasteiger partial charge in [0.25, 0.3) is 0 Å². The molecule has 0 bridgehead atoms. The first-order chi connectivity index (χ1) is 11.8. The summed E-state index contributed by atoms with van der Waals surface area (Å²) in [7, 11) is 0. The van der Waals surface area contributed by atoms with Crippen LogP contribution in [-0.4, -0.2) is 42.3 Å². The molecular weight excluding hydrogens is 300 g/mol. The highest BCUT2D eigenvalue weighted by molar-refractivity contribution is 5.61. The molecule has 3 rings (SSSR count). The fourth-order valence-electron chi connectivity index (χ4n) is 2.97. The van der Waals surface area contributed by atoms with Crippen LogP contribution in [0.15, 0.2) is 36.4 Å². The summed E-state index contributed by atoms with van der Waals surface area (Å²) < 4.78 is 5.69. The largest absolute Gasteiger partial charge is 0.376 e. The molecule has 1 fully saturated rings. The SMILES string of the molecule is CCN(CC)c1cc(NCC2CCCO2)nc(-c2ccccc2)n1. The van der Waals surface area contributed by atoms with Crippen molar-refractivity contribution in [3.8, 4) is 11.4 Å². The molecule has 0 spiro atoms. The van der Waals surface area contributed by atoms with Crippen molar-refractivity contribution in [1.82, 2.24) is 9.97 Å². The number of hydrogen-bond donors (Lipinski definition) is 1. The molecule has 1 aromatic heterocycles. The van der Waals surface area contributed by atoms with Crippen molar-refractivity contribution in [3.63, 3.8) is 0 Å². The molecule has 1 aliphatic heterocycles. The average molecular weight is 326 g/mol. The maximum Gasteiger partial charge on any atom is 0.163 e. The smallest absolute Gasteiger partial charge is 0.163 e. The summed E-state index contributed by atoms with van der Waals surface area (Å²) in [6.07, 6.45) is 2.56. The number of benzene rings is 1. The molecule has 2 aromatic rings. The van der Waals surface area contributed by atoms with Crippen molar-refractivity contribution in [2.45, 2.75) is 32.8 Å². The molecule has 1 unspecified atom stereocenters. The van der Waals surface area contributed by atoms with Crippen molar-refractivity contribution >= 4 is 11.6 Å². The number of ether oxygens (including phenoxy) is 1. The number of anilines is 2. The molecule has 0 amide bonds. The average Bonchev–Trinajstić information content (AvgIpc) is 3.15. The molecule has 0 radical (unpaired) electrons. The van der Waals surface area contributed by atoms with E-state index in [-0.39, 0.29) is 6.10 Å². The van der Waals surface area contributed by atoms with Gasteiger partial charge in [0.1, 0.15) is 11.6 Å². The normalized spacial score (nSPS) is 17.0. The predicted octanol–water partition coefficient (Wildman–Crippen LogP) is 3.58. The highest BCUT2D eigenvalue weighted by Gasteiger charge is 2.16. The van der Waals surface area contributed by atoms with Gasteiger partial charge in [0.2, 0.25) is 0 Å². The standard InChI is InChI=1S/C19H26N4O/c1-3-23(4-2)18-13-17(20-14-16-11-8-12-24-16)21-19(22-18)15-9-6-5-7-10-15/h5-7,9-10,13,16H,3-4,8,11-12,14H2,1-2H3,(H,20,21,22). The Bertz CT molecular complexity index is 637. The second-order valence-corrected chi connectivity index (χ2v) is 5.99. The van der Waals surface area contributed by atoms with Gasteiger partial charge in [0.05, 0.1) is 6.10 Å². The Hall–Kier alpha value is -2.14. The third-order valence-electron chi connectivity index (χ3n) is 4.37. The van der Waals surface area contributed by atoms with Gasteiger partial charge in [-0.15, -0.1) is 0 Å². The number of rotatable bonds is 7. The summed E-state index contributed by atoms with van der Waals surface area (Å²) in [6, 6.07) is 12.2. The van der Waals surface area contributed by atoms with Gasteiger partial charge in [-0.3, -0.25) is 0 Å². The molecule has 1 aromatic carbocycles. The van der Waals surface area contributed by atoms with Gasteiger partial charge in [0, 0.05) is 37.9 Å². The van der Waals surface area contributed by atoms with E-state index < -0.39 is 0 Å². The highest BCUT2D eigenvalue weighted by atomic mass is 16.5. The van der Waals surface area contributed by atoms with Crippen molar-refractivity contribution in [2.75, 3.05) is 36.5 Å². The van der Waals surface area contributed by atoms with Crippen molar-refractivity contribution in [2.24, 2.45) is 0 Å². The summed E-state index contributed by atoms with van der Waals surface area (Å²) in [6.45, 7) is 7.80. The van der Waals surface area contributed by atoms with E-state index in [1.165, 1.54) is 0 Å². The summed E-state index contributed by atoms with van der Waals surface area (Å²) in [4.78, 5) is 11.7. The minimum Gasteiger partial charge on any atom is -0.376 e. The zero-order valence-corrected chi connectivity index (χ0v) is 14.5. The van der Waals surface area contributed by atoms with Crippen LogP contribution >= 0.6 is 0 Å². The molecule has 2 heterocycles. The maximum absolute atomic E-state index is 5.69. The zero-order chi connectivity index (χ0) is 16.8. The van der Waals surface area contributed by atoms with Crippen LogP contribution in [0.2, 0.25) is 0 Å². The van der Waals surface area contributed by atoms with Gasteiger partial charge < -0.3 is 15.0 Å². The molecule has 0 saturated carbocycles. The van der Waals surface area contributed by atoms with Crippen molar-refractivity contribution < 1.29 is 4.74 Å². The van der Waals surface area contributed by atoms with E-state index in [2.05, 4.69) is 24.1 Å². The van der Waals surface area contributed by atoms with E-state index in [1.807, 2.05) is 36.4 Å². The molecule has 1 atom stereocenters. The Balaban J connectivity index is 1.87. The molecular formula is C19H26N4O. The van der Waals surface area contributed by atoms with Crippen molar-refractivity contribution in [3.05, 3.63) is 36.4 Å². The van der Waals surface area contributed by atoms with Crippen LogP contribution in [0, 0.1) is 0 Å². The summed E-state index contributed by atoms with van der Waals surface area (Å²) >= 11 is 0. The quantitative estimate of drug-likeness (QED) is 0.843. The fraction of sp³-hybridized carbons (Fsp3) is 0.474. The first kappa shape index (κ1) is 16.7. The van der Waals surface area contributed by atoms with Gasteiger partial charge in [-0.05, 0) is 26.7 Å². The van der Waals surface area contributed by atoms with Gasteiger partial charge in [-0.1, -0.05) is 30.3 Å². The highest BCUT2D eigenvalue weighted by Crippen LogP contribution is 2.23. The first-order valence-corrected chi connectivity index (χ1v) is 8.85. The van der Waals surface area contributed by atoms with Gasteiger partial charge >= 0.3 is 0 Å². The van der Waals surface area contributed by atoms with Crippen LogP contribution < -0.4 is 10.2 Å². The molecule has 128 valence electrons. The molecule has 5 heteroatoms. The summed E-state index contributed by atoms with van der Waals surface area (Å²) in [5.74, 6) is 2.58. The number of aromatic nitrogens is 2. The van der Waals surface area contributed by atoms with E-state index in [9.17, 15) is 0 Å². The third kappa shape index (κ3) is 4.03. The second kappa shape index (κ2) is 8.11. The molecule has 1 aliphatic rings. The van der Waals surface area contributed by atoms with Crippen LogP contribution in [0.4, 0.5) is 11.6 Å². The summed E-state index contributed by atoms with van der Waals surface area (Å²) in [5.41, 5.74) is 1.03. The predicted molar refractivity (Wildman–Crippen MR) is 98.5 cm³/mol. The Kier molecular flexibility index (Phi) is 5.64. The Morgan fingerprint density at radius 1 is 1.17 bits per heavy atom. The monoisotopic (exact) mass is 326 g/mol. The van der Waals surface area contributed by atoms with Crippen LogP contribution in [0.25, 0.3) is 11.4 Å². The van der Waals surface area contributed by atoms with E-state index in [1.54, 1.807) is 0 Å². The van der Waals surface area contributed by atoms with Crippen LogP contribution in [-0.2, 0) is 4.74 Å². The lowest BCUT2D eigenvalue weighted by molar-refractivity contribution is 0.120. The van der Waals surface area contributed by atoms with Crippen LogP contribution in [0.5, 0.6) is 0 Å². The molecule has 24 heavy (non-hydrogen) atoms. The molecule has 1 N–H and O–H groups in total. The zero-order valence-electron chi connectivity index (χ0n) is 14.5. The van der Waals surface area contributed by atoms with E-state index >= 15 is 0 Å². The second-order valence-electron chi connectivity index (χ2n) is 5.99. The van der Waals surface area contributed by atoms with Gasteiger partial charge in [0.15, 0.2) is 5.82 Å². The maximum atomic E-state index is 5.69. The minimum absolute atomic E-state index is 0.289. The van der Waals surface area contributed by atoms with E-state index in [0.29, 0.717) is 0 Å². The number of hydrogen-bond acceptors (Lipinski definition) is 5. The Labute approximate surface area is 144 Å². The van der Waals surface area contributed by atoms with Crippen LogP contribution in [0.3, 0.4) is 0 Å². The Morgan fingerprint density at radius 3 is 2.62 bits per heavy atom. The Morgan fingerprint density at radius 2 is 1.96 bits per heavy atom. The van der Waals surface area contributed by atoms with E-state index in [4.69, 9.17) is 14.7 Å². The van der Waals surface area contributed by atoms with Gasteiger partial charge in [-0.25, -0.2) is 9.97 Å². The lowest BCUT2D eigenvalue weighted by atomic mass is 10.2. The molecule has 1 saturated heterocycles. The number of nitrogens with zero attached hydrogens (tertiary/aromatic N) is 3. The van der Waals surface area contributed by atoms with Crippen LogP contribution in [0.1, 0.15) is 26.7 Å². The summed E-state index contributed by atoms with van der Waals surface area (Å²) in [5, 5.41) is 3.44. The van der Waals surface area contributed by atoms with E-state index in [0.717, 1.165) is 62.1 Å². The van der Waals surface area contributed by atoms with Crippen molar-refractivity contribution in [1.29, 1.82) is 0 Å². The minimum atomic E-state index is 0.289. The first-order valence-electron chi connectivity index (χ1n) is 8.85. The lowest BCUT2D eigenvalue weighted by Crippen LogP contribution is -2.24. The third-order valence-corrected chi connectivity index (χ3v) is 4.37. The number of nitrogens with one attached hydrogen (secondary N) is 1. The molecule has 5 nitrogen and oxygen atoms in total. The molecule has 0 aliphatic carbocycles. The topological polar surface area (TPSA) is 50.3 Å². The fourth-order valence-corrected chi connectivity index (χ4v) is 2.97.